The molecule has 1 aliphatic carbocycles. The Kier molecular flexibility index (Phi) is 7.22. The predicted molar refractivity (Wildman–Crippen MR) is 145 cm³/mol. The van der Waals surface area contributed by atoms with E-state index in [-0.39, 0.29) is 23.8 Å². The van der Waals surface area contributed by atoms with Crippen LogP contribution in [0.3, 0.4) is 0 Å². The number of rotatable bonds is 7. The third-order valence-electron chi connectivity index (χ3n) is 9.07. The zero-order valence-corrected chi connectivity index (χ0v) is 22.5. The molecule has 38 heavy (non-hydrogen) atoms. The van der Waals surface area contributed by atoms with Gasteiger partial charge in [0.2, 0.25) is 17.7 Å². The first-order valence-electron chi connectivity index (χ1n) is 14.2. The van der Waals surface area contributed by atoms with Crippen molar-refractivity contribution >= 4 is 35.0 Å². The van der Waals surface area contributed by atoms with Gasteiger partial charge in [-0.3, -0.25) is 14.4 Å². The summed E-state index contributed by atoms with van der Waals surface area (Å²) in [7, 11) is 0. The summed E-state index contributed by atoms with van der Waals surface area (Å²) in [6.07, 6.45) is 12.1. The SMILES string of the molecule is O=C(Nc1cccc(Cl)c1)C1[C@@H]2C=CC3(O2)C(C(=O)NC2CCCCC2)N(CCN2CCCCC2)C(=O)[C@H]13. The van der Waals surface area contributed by atoms with Crippen LogP contribution in [-0.4, -0.2) is 77.5 Å². The summed E-state index contributed by atoms with van der Waals surface area (Å²) in [6.45, 7) is 3.19. The number of likely N-dealkylation sites (tertiary alicyclic amines) is 2. The number of ether oxygens (including phenoxy) is 1. The Balaban J connectivity index is 1.27. The predicted octanol–water partition coefficient (Wildman–Crippen LogP) is 3.36. The van der Waals surface area contributed by atoms with Gasteiger partial charge in [0.05, 0.1) is 17.9 Å². The van der Waals surface area contributed by atoms with Crippen molar-refractivity contribution in [3.8, 4) is 0 Å². The molecule has 1 spiro atoms. The van der Waals surface area contributed by atoms with Crippen LogP contribution >= 0.6 is 11.6 Å². The number of benzene rings is 1. The molecule has 3 unspecified atom stereocenters. The lowest BCUT2D eigenvalue weighted by molar-refractivity contribution is -0.141. The summed E-state index contributed by atoms with van der Waals surface area (Å²) in [4.78, 5) is 45.6. The Morgan fingerprint density at radius 1 is 1.03 bits per heavy atom. The smallest absolute Gasteiger partial charge is 0.246 e. The lowest BCUT2D eigenvalue weighted by Crippen LogP contribution is -2.57. The van der Waals surface area contributed by atoms with Gasteiger partial charge in [0.25, 0.3) is 0 Å². The van der Waals surface area contributed by atoms with Crippen LogP contribution in [0, 0.1) is 11.8 Å². The van der Waals surface area contributed by atoms with E-state index in [1.54, 1.807) is 29.2 Å². The average molecular weight is 541 g/mol. The topological polar surface area (TPSA) is 91.0 Å². The molecule has 6 rings (SSSR count). The minimum Gasteiger partial charge on any atom is -0.359 e. The molecule has 204 valence electrons. The molecule has 1 saturated carbocycles. The quantitative estimate of drug-likeness (QED) is 0.518. The third-order valence-corrected chi connectivity index (χ3v) is 9.31. The molecule has 5 atom stereocenters. The Labute approximate surface area is 229 Å². The number of carbonyl (C=O) groups is 3. The number of fused-ring (bicyclic) bond motifs is 1. The van der Waals surface area contributed by atoms with Gasteiger partial charge in [0.15, 0.2) is 0 Å². The normalized spacial score (nSPS) is 33.0. The Morgan fingerprint density at radius 2 is 1.79 bits per heavy atom. The highest BCUT2D eigenvalue weighted by Crippen LogP contribution is 2.55. The first kappa shape index (κ1) is 25.8. The monoisotopic (exact) mass is 540 g/mol. The van der Waals surface area contributed by atoms with Crippen molar-refractivity contribution in [2.45, 2.75) is 75.2 Å². The zero-order valence-electron chi connectivity index (χ0n) is 21.7. The van der Waals surface area contributed by atoms with Crippen LogP contribution < -0.4 is 10.6 Å². The van der Waals surface area contributed by atoms with Gasteiger partial charge in [-0.2, -0.15) is 0 Å². The van der Waals surface area contributed by atoms with Gasteiger partial charge in [-0.15, -0.1) is 0 Å². The van der Waals surface area contributed by atoms with Crippen molar-refractivity contribution < 1.29 is 19.1 Å². The molecule has 4 aliphatic heterocycles. The Morgan fingerprint density at radius 3 is 2.55 bits per heavy atom. The number of anilines is 1. The van der Waals surface area contributed by atoms with Crippen LogP contribution in [0.1, 0.15) is 51.4 Å². The maximum absolute atomic E-state index is 14.1. The molecule has 9 heteroatoms. The lowest BCUT2D eigenvalue weighted by Gasteiger charge is -2.35. The maximum Gasteiger partial charge on any atom is 0.246 e. The number of hydrogen-bond acceptors (Lipinski definition) is 5. The van der Waals surface area contributed by atoms with Crippen molar-refractivity contribution in [2.24, 2.45) is 11.8 Å². The standard InChI is InChI=1S/C29H37ClN4O4/c30-19-8-7-11-21(18-19)32-26(35)23-22-12-13-29(38-22)24(23)28(37)34(17-16-33-14-5-2-6-15-33)25(29)27(36)31-20-9-3-1-4-10-20/h7-8,11-13,18,20,22-25H,1-6,9-10,14-17H2,(H,31,36)(H,32,35)/t22-,23?,24-,25?,29?/m0/s1. The highest BCUT2D eigenvalue weighted by atomic mass is 35.5. The van der Waals surface area contributed by atoms with E-state index in [0.29, 0.717) is 23.8 Å². The minimum absolute atomic E-state index is 0.121. The largest absolute Gasteiger partial charge is 0.359 e. The molecule has 0 radical (unpaired) electrons. The second-order valence-electron chi connectivity index (χ2n) is 11.5. The van der Waals surface area contributed by atoms with Crippen LogP contribution in [0.4, 0.5) is 5.69 Å². The Hall–Kier alpha value is -2.42. The molecule has 8 nitrogen and oxygen atoms in total. The van der Waals surface area contributed by atoms with E-state index in [2.05, 4.69) is 15.5 Å². The van der Waals surface area contributed by atoms with E-state index < -0.39 is 29.6 Å². The summed E-state index contributed by atoms with van der Waals surface area (Å²) in [5, 5.41) is 6.70. The second kappa shape index (κ2) is 10.6. The van der Waals surface area contributed by atoms with Gasteiger partial charge in [-0.05, 0) is 57.0 Å². The van der Waals surface area contributed by atoms with Crippen LogP contribution in [0.15, 0.2) is 36.4 Å². The highest BCUT2D eigenvalue weighted by Gasteiger charge is 2.72. The zero-order chi connectivity index (χ0) is 26.3. The molecule has 4 heterocycles. The van der Waals surface area contributed by atoms with E-state index in [0.717, 1.165) is 51.6 Å². The van der Waals surface area contributed by atoms with Crippen LogP contribution in [0.5, 0.6) is 0 Å². The molecule has 4 fully saturated rings. The average Bonchev–Trinajstić information content (AvgIpc) is 3.56. The fraction of sp³-hybridized carbons (Fsp3) is 0.621. The van der Waals surface area contributed by atoms with Crippen LogP contribution in [0.2, 0.25) is 5.02 Å². The third kappa shape index (κ3) is 4.65. The van der Waals surface area contributed by atoms with E-state index in [4.69, 9.17) is 16.3 Å². The molecule has 1 aromatic carbocycles. The number of piperidine rings is 1. The molecular weight excluding hydrogens is 504 g/mol. The van der Waals surface area contributed by atoms with Crippen molar-refractivity contribution in [1.82, 2.24) is 15.1 Å². The second-order valence-corrected chi connectivity index (χ2v) is 11.9. The van der Waals surface area contributed by atoms with Gasteiger partial charge < -0.3 is 25.2 Å². The van der Waals surface area contributed by atoms with Gasteiger partial charge >= 0.3 is 0 Å². The van der Waals surface area contributed by atoms with Gasteiger partial charge in [0.1, 0.15) is 11.6 Å². The number of amides is 3. The minimum atomic E-state index is -1.13. The fourth-order valence-corrected chi connectivity index (χ4v) is 7.45. The van der Waals surface area contributed by atoms with Gasteiger partial charge in [0, 0.05) is 29.8 Å². The highest BCUT2D eigenvalue weighted by molar-refractivity contribution is 6.30. The van der Waals surface area contributed by atoms with E-state index >= 15 is 0 Å². The van der Waals surface area contributed by atoms with Crippen molar-refractivity contribution in [3.63, 3.8) is 0 Å². The van der Waals surface area contributed by atoms with Gasteiger partial charge in [-0.1, -0.05) is 55.5 Å². The first-order valence-corrected chi connectivity index (χ1v) is 14.6. The molecule has 2 bridgehead atoms. The van der Waals surface area contributed by atoms with Crippen molar-refractivity contribution in [2.75, 3.05) is 31.5 Å². The summed E-state index contributed by atoms with van der Waals surface area (Å²) >= 11 is 6.12. The van der Waals surface area contributed by atoms with Crippen molar-refractivity contribution in [3.05, 3.63) is 41.4 Å². The molecular formula is C29H37ClN4O4. The van der Waals surface area contributed by atoms with Gasteiger partial charge in [-0.25, -0.2) is 0 Å². The molecule has 2 N–H and O–H groups in total. The molecule has 3 saturated heterocycles. The Bertz CT molecular complexity index is 1120. The molecule has 1 aromatic rings. The number of carbonyl (C=O) groups excluding carboxylic acids is 3. The van der Waals surface area contributed by atoms with Crippen LogP contribution in [-0.2, 0) is 19.1 Å². The molecule has 5 aliphatic rings. The lowest BCUT2D eigenvalue weighted by atomic mass is 9.74. The molecule has 3 amide bonds. The summed E-state index contributed by atoms with van der Waals surface area (Å²) in [5.41, 5.74) is -0.555. The number of halogens is 1. The van der Waals surface area contributed by atoms with E-state index in [1.807, 2.05) is 12.2 Å². The summed E-state index contributed by atoms with van der Waals surface area (Å²) in [6, 6.07) is 6.30. The van der Waals surface area contributed by atoms with E-state index in [9.17, 15) is 14.4 Å². The number of hydrogen-bond donors (Lipinski definition) is 2. The first-order chi connectivity index (χ1) is 18.5. The van der Waals surface area contributed by atoms with Crippen molar-refractivity contribution in [1.29, 1.82) is 0 Å². The van der Waals surface area contributed by atoms with Crippen LogP contribution in [0.25, 0.3) is 0 Å². The molecule has 0 aromatic heterocycles. The number of nitrogens with one attached hydrogen (secondary N) is 2. The number of nitrogens with zero attached hydrogens (tertiary/aromatic N) is 2. The summed E-state index contributed by atoms with van der Waals surface area (Å²) in [5.74, 6) is -2.06. The fourth-order valence-electron chi connectivity index (χ4n) is 7.26. The van der Waals surface area contributed by atoms with E-state index in [1.165, 1.54) is 12.8 Å². The maximum atomic E-state index is 14.1. The summed E-state index contributed by atoms with van der Waals surface area (Å²) < 4.78 is 6.46.